The van der Waals surface area contributed by atoms with Crippen molar-refractivity contribution in [2.24, 2.45) is 5.16 Å². The predicted molar refractivity (Wildman–Crippen MR) is 38.0 cm³/mol. The Morgan fingerprint density at radius 1 is 1.73 bits per heavy atom. The number of amides is 1. The predicted octanol–water partition coefficient (Wildman–Crippen LogP) is 0.589. The SMILES string of the molecule is O=C(O)N1CCC[C@@H]1/C=N\O. The summed E-state index contributed by atoms with van der Waals surface area (Å²) in [6.07, 6.45) is 1.88. The van der Waals surface area contributed by atoms with Gasteiger partial charge in [-0.05, 0) is 12.8 Å². The second-order valence-electron chi connectivity index (χ2n) is 2.45. The Hall–Kier alpha value is -1.26. The molecule has 0 radical (unpaired) electrons. The molecule has 0 spiro atoms. The Morgan fingerprint density at radius 3 is 3.00 bits per heavy atom. The van der Waals surface area contributed by atoms with Crippen LogP contribution in [0.2, 0.25) is 0 Å². The van der Waals surface area contributed by atoms with E-state index < -0.39 is 6.09 Å². The van der Waals surface area contributed by atoms with Crippen molar-refractivity contribution < 1.29 is 15.1 Å². The molecule has 1 aliphatic rings. The lowest BCUT2D eigenvalue weighted by molar-refractivity contribution is 0.149. The number of likely N-dealkylation sites (tertiary alicyclic amines) is 1. The maximum Gasteiger partial charge on any atom is 0.407 e. The van der Waals surface area contributed by atoms with Gasteiger partial charge in [-0.1, -0.05) is 5.16 Å². The fraction of sp³-hybridized carbons (Fsp3) is 0.667. The molecule has 0 aliphatic carbocycles. The minimum Gasteiger partial charge on any atom is -0.465 e. The number of nitrogens with zero attached hydrogens (tertiary/aromatic N) is 2. The van der Waals surface area contributed by atoms with Gasteiger partial charge in [-0.25, -0.2) is 4.79 Å². The quantitative estimate of drug-likeness (QED) is 0.333. The Labute approximate surface area is 63.9 Å². The Balaban J connectivity index is 2.57. The summed E-state index contributed by atoms with van der Waals surface area (Å²) < 4.78 is 0. The number of hydrogen-bond acceptors (Lipinski definition) is 3. The zero-order chi connectivity index (χ0) is 8.27. The zero-order valence-corrected chi connectivity index (χ0v) is 5.97. The van der Waals surface area contributed by atoms with Crippen molar-refractivity contribution in [1.82, 2.24) is 4.90 Å². The smallest absolute Gasteiger partial charge is 0.407 e. The molecule has 1 amide bonds. The summed E-state index contributed by atoms with van der Waals surface area (Å²) in [6, 6.07) is -0.238. The maximum absolute atomic E-state index is 10.5. The van der Waals surface area contributed by atoms with Gasteiger partial charge >= 0.3 is 6.09 Å². The van der Waals surface area contributed by atoms with E-state index in [4.69, 9.17) is 10.3 Å². The molecule has 1 rings (SSSR count). The van der Waals surface area contributed by atoms with Crippen LogP contribution in [0.4, 0.5) is 4.79 Å². The highest BCUT2D eigenvalue weighted by molar-refractivity contribution is 5.74. The number of hydrogen-bond donors (Lipinski definition) is 2. The summed E-state index contributed by atoms with van der Waals surface area (Å²) in [5, 5.41) is 19.6. The standard InChI is InChI=1S/C6H10N2O3/c9-6(10)8-3-1-2-5(8)4-7-11/h4-5,11H,1-3H2,(H,9,10)/b7-4-/t5-/m1/s1. The first-order valence-corrected chi connectivity index (χ1v) is 3.43. The number of rotatable bonds is 1. The molecular formula is C6H10N2O3. The minimum absolute atomic E-state index is 0.238. The molecule has 0 unspecified atom stereocenters. The van der Waals surface area contributed by atoms with E-state index in [0.29, 0.717) is 6.54 Å². The van der Waals surface area contributed by atoms with Gasteiger partial charge < -0.3 is 15.2 Å². The van der Waals surface area contributed by atoms with Crippen LogP contribution in [0.1, 0.15) is 12.8 Å². The minimum atomic E-state index is -0.951. The molecule has 5 heteroatoms. The highest BCUT2D eigenvalue weighted by atomic mass is 16.4. The lowest BCUT2D eigenvalue weighted by Gasteiger charge is -2.16. The molecular weight excluding hydrogens is 148 g/mol. The van der Waals surface area contributed by atoms with Crippen LogP contribution in [0.25, 0.3) is 0 Å². The third kappa shape index (κ3) is 1.60. The van der Waals surface area contributed by atoms with Crippen molar-refractivity contribution in [3.05, 3.63) is 0 Å². The molecule has 1 heterocycles. The molecule has 1 fully saturated rings. The van der Waals surface area contributed by atoms with Crippen molar-refractivity contribution in [3.63, 3.8) is 0 Å². The van der Waals surface area contributed by atoms with E-state index in [1.807, 2.05) is 0 Å². The molecule has 0 aromatic carbocycles. The van der Waals surface area contributed by atoms with Gasteiger partial charge in [-0.3, -0.25) is 0 Å². The molecule has 0 saturated carbocycles. The van der Waals surface area contributed by atoms with Gasteiger partial charge in [-0.2, -0.15) is 0 Å². The van der Waals surface area contributed by atoms with E-state index >= 15 is 0 Å². The fourth-order valence-electron chi connectivity index (χ4n) is 1.26. The van der Waals surface area contributed by atoms with Crippen LogP contribution in [-0.2, 0) is 0 Å². The number of carbonyl (C=O) groups is 1. The van der Waals surface area contributed by atoms with Gasteiger partial charge in [0.15, 0.2) is 0 Å². The van der Waals surface area contributed by atoms with Gasteiger partial charge in [0, 0.05) is 6.54 Å². The van der Waals surface area contributed by atoms with Crippen molar-refractivity contribution in [2.45, 2.75) is 18.9 Å². The van der Waals surface area contributed by atoms with Crippen LogP contribution in [0, 0.1) is 0 Å². The summed E-state index contributed by atoms with van der Waals surface area (Å²) in [6.45, 7) is 0.534. The highest BCUT2D eigenvalue weighted by Crippen LogP contribution is 2.14. The third-order valence-corrected chi connectivity index (χ3v) is 1.78. The summed E-state index contributed by atoms with van der Waals surface area (Å²) in [5.41, 5.74) is 0. The second-order valence-corrected chi connectivity index (χ2v) is 2.45. The summed E-state index contributed by atoms with van der Waals surface area (Å²) in [5.74, 6) is 0. The Bertz CT molecular complexity index is 181. The first-order chi connectivity index (χ1) is 5.25. The molecule has 2 N–H and O–H groups in total. The van der Waals surface area contributed by atoms with Crippen LogP contribution in [0.3, 0.4) is 0 Å². The topological polar surface area (TPSA) is 73.1 Å². The molecule has 0 bridgehead atoms. The van der Waals surface area contributed by atoms with Gasteiger partial charge in [-0.15, -0.1) is 0 Å². The molecule has 1 saturated heterocycles. The highest BCUT2D eigenvalue weighted by Gasteiger charge is 2.26. The molecule has 11 heavy (non-hydrogen) atoms. The summed E-state index contributed by atoms with van der Waals surface area (Å²) in [7, 11) is 0. The summed E-state index contributed by atoms with van der Waals surface area (Å²) in [4.78, 5) is 11.7. The lowest BCUT2D eigenvalue weighted by Crippen LogP contribution is -2.35. The number of oxime groups is 1. The largest absolute Gasteiger partial charge is 0.465 e. The third-order valence-electron chi connectivity index (χ3n) is 1.78. The molecule has 0 aromatic heterocycles. The van der Waals surface area contributed by atoms with Crippen molar-refractivity contribution >= 4 is 12.3 Å². The molecule has 0 aromatic rings. The van der Waals surface area contributed by atoms with Crippen LogP contribution >= 0.6 is 0 Å². The first kappa shape index (κ1) is 7.84. The van der Waals surface area contributed by atoms with Crippen LogP contribution in [0.5, 0.6) is 0 Å². The average molecular weight is 158 g/mol. The van der Waals surface area contributed by atoms with Gasteiger partial charge in [0.05, 0.1) is 12.3 Å². The molecule has 1 atom stereocenters. The van der Waals surface area contributed by atoms with Crippen LogP contribution in [0.15, 0.2) is 5.16 Å². The Kier molecular flexibility index (Phi) is 2.30. The van der Waals surface area contributed by atoms with Crippen LogP contribution < -0.4 is 0 Å². The van der Waals surface area contributed by atoms with Gasteiger partial charge in [0.2, 0.25) is 0 Å². The van der Waals surface area contributed by atoms with E-state index in [9.17, 15) is 4.79 Å². The monoisotopic (exact) mass is 158 g/mol. The fourth-order valence-corrected chi connectivity index (χ4v) is 1.26. The van der Waals surface area contributed by atoms with Gasteiger partial charge in [0.1, 0.15) is 0 Å². The van der Waals surface area contributed by atoms with E-state index in [-0.39, 0.29) is 6.04 Å². The van der Waals surface area contributed by atoms with Crippen molar-refractivity contribution in [3.8, 4) is 0 Å². The molecule has 5 nitrogen and oxygen atoms in total. The normalized spacial score (nSPS) is 24.7. The molecule has 62 valence electrons. The van der Waals surface area contributed by atoms with Gasteiger partial charge in [0.25, 0.3) is 0 Å². The van der Waals surface area contributed by atoms with Crippen LogP contribution in [-0.4, -0.2) is 40.1 Å². The van der Waals surface area contributed by atoms with E-state index in [2.05, 4.69) is 5.16 Å². The maximum atomic E-state index is 10.5. The zero-order valence-electron chi connectivity index (χ0n) is 5.97. The van der Waals surface area contributed by atoms with E-state index in [0.717, 1.165) is 12.8 Å². The summed E-state index contributed by atoms with van der Waals surface area (Å²) >= 11 is 0. The lowest BCUT2D eigenvalue weighted by atomic mass is 10.2. The van der Waals surface area contributed by atoms with E-state index in [1.165, 1.54) is 11.1 Å². The van der Waals surface area contributed by atoms with E-state index in [1.54, 1.807) is 0 Å². The second kappa shape index (κ2) is 3.23. The van der Waals surface area contributed by atoms with Crippen molar-refractivity contribution in [2.75, 3.05) is 6.54 Å². The van der Waals surface area contributed by atoms with Crippen molar-refractivity contribution in [1.29, 1.82) is 0 Å². The average Bonchev–Trinajstić information content (AvgIpc) is 2.36. The molecule has 1 aliphatic heterocycles. The Morgan fingerprint density at radius 2 is 2.45 bits per heavy atom. The first-order valence-electron chi connectivity index (χ1n) is 3.43. The number of carboxylic acid groups (broad SMARTS) is 1.